The third-order valence-electron chi connectivity index (χ3n) is 4.41. The Bertz CT molecular complexity index is 408. The first-order chi connectivity index (χ1) is 9.72. The maximum Gasteiger partial charge on any atom is 0.119 e. The molecule has 2 rings (SSSR count). The Kier molecular flexibility index (Phi) is 5.86. The molecule has 0 aromatic heterocycles. The number of nitrogens with one attached hydrogen (secondary N) is 1. The minimum atomic E-state index is 0.691. The van der Waals surface area contributed by atoms with Crippen molar-refractivity contribution in [3.05, 3.63) is 29.8 Å². The van der Waals surface area contributed by atoms with Crippen LogP contribution in [0.15, 0.2) is 24.3 Å². The summed E-state index contributed by atoms with van der Waals surface area (Å²) in [5.74, 6) is 1.73. The largest absolute Gasteiger partial charge is 0.497 e. The Morgan fingerprint density at radius 3 is 2.85 bits per heavy atom. The molecule has 1 fully saturated rings. The molecule has 1 aromatic carbocycles. The van der Waals surface area contributed by atoms with Crippen LogP contribution in [0.2, 0.25) is 0 Å². The normalized spacial score (nSPS) is 23.0. The van der Waals surface area contributed by atoms with E-state index >= 15 is 0 Å². The van der Waals surface area contributed by atoms with E-state index in [0.29, 0.717) is 6.04 Å². The van der Waals surface area contributed by atoms with Gasteiger partial charge in [0.1, 0.15) is 5.75 Å². The predicted molar refractivity (Wildman–Crippen MR) is 84.1 cm³/mol. The van der Waals surface area contributed by atoms with E-state index in [1.165, 1.54) is 37.8 Å². The third kappa shape index (κ3) is 4.22. The van der Waals surface area contributed by atoms with Crippen LogP contribution in [-0.2, 0) is 6.54 Å². The van der Waals surface area contributed by atoms with Crippen molar-refractivity contribution in [2.45, 2.75) is 38.3 Å². The quantitative estimate of drug-likeness (QED) is 0.864. The van der Waals surface area contributed by atoms with Crippen LogP contribution in [0.1, 0.15) is 31.2 Å². The summed E-state index contributed by atoms with van der Waals surface area (Å²) in [5.41, 5.74) is 1.32. The monoisotopic (exact) mass is 276 g/mol. The third-order valence-corrected chi connectivity index (χ3v) is 4.41. The number of nitrogens with zero attached hydrogens (tertiary/aromatic N) is 1. The van der Waals surface area contributed by atoms with Crippen LogP contribution in [0.3, 0.4) is 0 Å². The number of rotatable bonds is 6. The average molecular weight is 276 g/mol. The maximum atomic E-state index is 5.29. The van der Waals surface area contributed by atoms with Gasteiger partial charge in [-0.1, -0.05) is 25.0 Å². The van der Waals surface area contributed by atoms with Gasteiger partial charge in [0, 0.05) is 19.1 Å². The topological polar surface area (TPSA) is 24.5 Å². The van der Waals surface area contributed by atoms with E-state index < -0.39 is 0 Å². The highest BCUT2D eigenvalue weighted by Crippen LogP contribution is 2.25. The van der Waals surface area contributed by atoms with Crippen molar-refractivity contribution in [2.24, 2.45) is 5.92 Å². The van der Waals surface area contributed by atoms with Gasteiger partial charge < -0.3 is 15.0 Å². The summed E-state index contributed by atoms with van der Waals surface area (Å²) in [4.78, 5) is 2.44. The fourth-order valence-corrected chi connectivity index (χ4v) is 3.35. The van der Waals surface area contributed by atoms with Crippen LogP contribution in [0.4, 0.5) is 0 Å². The Morgan fingerprint density at radius 2 is 2.10 bits per heavy atom. The molecule has 0 bridgehead atoms. The van der Waals surface area contributed by atoms with Crippen molar-refractivity contribution in [3.63, 3.8) is 0 Å². The first kappa shape index (κ1) is 15.3. The van der Waals surface area contributed by atoms with Crippen LogP contribution in [0.5, 0.6) is 5.75 Å². The molecule has 2 atom stereocenters. The number of benzene rings is 1. The van der Waals surface area contributed by atoms with Gasteiger partial charge >= 0.3 is 0 Å². The lowest BCUT2D eigenvalue weighted by atomic mass is 9.84. The molecule has 1 N–H and O–H groups in total. The lowest BCUT2D eigenvalue weighted by Gasteiger charge is -2.34. The van der Waals surface area contributed by atoms with Crippen LogP contribution in [0.25, 0.3) is 0 Å². The van der Waals surface area contributed by atoms with Gasteiger partial charge in [0.15, 0.2) is 0 Å². The molecule has 3 heteroatoms. The van der Waals surface area contributed by atoms with Gasteiger partial charge in [0.25, 0.3) is 0 Å². The summed E-state index contributed by atoms with van der Waals surface area (Å²) < 4.78 is 5.29. The molecule has 0 saturated heterocycles. The Hall–Kier alpha value is -1.06. The fourth-order valence-electron chi connectivity index (χ4n) is 3.35. The standard InChI is InChI=1S/C17H28N2O/c1-18-17-10-5-4-8-15(17)13-19(2)12-14-7-6-9-16(11-14)20-3/h6-7,9,11,15,17-18H,4-5,8,10,12-13H2,1-3H3. The highest BCUT2D eigenvalue weighted by atomic mass is 16.5. The van der Waals surface area contributed by atoms with E-state index in [2.05, 4.69) is 42.5 Å². The summed E-state index contributed by atoms with van der Waals surface area (Å²) in [7, 11) is 6.05. The van der Waals surface area contributed by atoms with E-state index in [9.17, 15) is 0 Å². The summed E-state index contributed by atoms with van der Waals surface area (Å²) in [5, 5.41) is 3.49. The van der Waals surface area contributed by atoms with Crippen molar-refractivity contribution in [1.29, 1.82) is 0 Å². The van der Waals surface area contributed by atoms with Gasteiger partial charge in [0.05, 0.1) is 7.11 Å². The van der Waals surface area contributed by atoms with Gasteiger partial charge in [-0.2, -0.15) is 0 Å². The van der Waals surface area contributed by atoms with Crippen LogP contribution in [0, 0.1) is 5.92 Å². The molecule has 3 nitrogen and oxygen atoms in total. The van der Waals surface area contributed by atoms with Crippen molar-refractivity contribution < 1.29 is 4.74 Å². The molecule has 1 aromatic rings. The van der Waals surface area contributed by atoms with Gasteiger partial charge in [-0.3, -0.25) is 0 Å². The molecule has 1 saturated carbocycles. The van der Waals surface area contributed by atoms with Crippen LogP contribution < -0.4 is 10.1 Å². The summed E-state index contributed by atoms with van der Waals surface area (Å²) >= 11 is 0. The molecular weight excluding hydrogens is 248 g/mol. The van der Waals surface area contributed by atoms with Gasteiger partial charge in [-0.05, 0) is 50.6 Å². The molecule has 0 amide bonds. The highest BCUT2D eigenvalue weighted by molar-refractivity contribution is 5.28. The SMILES string of the molecule is CNC1CCCCC1CN(C)Cc1cccc(OC)c1. The Balaban J connectivity index is 1.89. The van der Waals surface area contributed by atoms with Crippen molar-refractivity contribution in [1.82, 2.24) is 10.2 Å². The highest BCUT2D eigenvalue weighted by Gasteiger charge is 2.24. The Labute approximate surface area is 123 Å². The maximum absolute atomic E-state index is 5.29. The van der Waals surface area contributed by atoms with E-state index in [1.54, 1.807) is 7.11 Å². The lowest BCUT2D eigenvalue weighted by Crippen LogP contribution is -2.41. The van der Waals surface area contributed by atoms with E-state index in [-0.39, 0.29) is 0 Å². The van der Waals surface area contributed by atoms with Gasteiger partial charge in [-0.15, -0.1) is 0 Å². The molecule has 2 unspecified atom stereocenters. The zero-order valence-electron chi connectivity index (χ0n) is 13.1. The predicted octanol–water partition coefficient (Wildman–Crippen LogP) is 2.91. The van der Waals surface area contributed by atoms with Crippen LogP contribution in [-0.4, -0.2) is 38.7 Å². The smallest absolute Gasteiger partial charge is 0.119 e. The second kappa shape index (κ2) is 7.65. The number of hydrogen-bond acceptors (Lipinski definition) is 3. The number of ether oxygens (including phenoxy) is 1. The minimum absolute atomic E-state index is 0.691. The molecule has 1 aliphatic rings. The average Bonchev–Trinajstić information content (AvgIpc) is 2.48. The molecule has 0 heterocycles. The van der Waals surface area contributed by atoms with Gasteiger partial charge in [-0.25, -0.2) is 0 Å². The zero-order valence-corrected chi connectivity index (χ0v) is 13.1. The fraction of sp³-hybridized carbons (Fsp3) is 0.647. The zero-order chi connectivity index (χ0) is 14.4. The van der Waals surface area contributed by atoms with E-state index in [0.717, 1.165) is 18.2 Å². The first-order valence-electron chi connectivity index (χ1n) is 7.71. The van der Waals surface area contributed by atoms with Crippen LogP contribution >= 0.6 is 0 Å². The number of methoxy groups -OCH3 is 1. The van der Waals surface area contributed by atoms with Crippen molar-refractivity contribution >= 4 is 0 Å². The summed E-state index contributed by atoms with van der Waals surface area (Å²) in [6, 6.07) is 9.07. The van der Waals surface area contributed by atoms with Gasteiger partial charge in [0.2, 0.25) is 0 Å². The van der Waals surface area contributed by atoms with Crippen molar-refractivity contribution in [2.75, 3.05) is 27.7 Å². The molecule has 0 aliphatic heterocycles. The molecule has 1 aliphatic carbocycles. The minimum Gasteiger partial charge on any atom is -0.497 e. The molecular formula is C17H28N2O. The first-order valence-corrected chi connectivity index (χ1v) is 7.71. The Morgan fingerprint density at radius 1 is 1.30 bits per heavy atom. The second-order valence-electron chi connectivity index (χ2n) is 5.99. The second-order valence-corrected chi connectivity index (χ2v) is 5.99. The number of hydrogen-bond donors (Lipinski definition) is 1. The summed E-state index contributed by atoms with van der Waals surface area (Å²) in [6.07, 6.45) is 5.44. The molecule has 0 spiro atoms. The van der Waals surface area contributed by atoms with E-state index in [4.69, 9.17) is 4.74 Å². The summed E-state index contributed by atoms with van der Waals surface area (Å²) in [6.45, 7) is 2.16. The van der Waals surface area contributed by atoms with Crippen molar-refractivity contribution in [3.8, 4) is 5.75 Å². The molecule has 0 radical (unpaired) electrons. The lowest BCUT2D eigenvalue weighted by molar-refractivity contribution is 0.190. The molecule has 112 valence electrons. The molecule has 20 heavy (non-hydrogen) atoms. The van der Waals surface area contributed by atoms with E-state index in [1.807, 2.05) is 6.07 Å².